The summed E-state index contributed by atoms with van der Waals surface area (Å²) in [5.74, 6) is 0. The molecule has 0 fully saturated rings. The van der Waals surface area contributed by atoms with Crippen LogP contribution in [0.3, 0.4) is 0 Å². The van der Waals surface area contributed by atoms with Crippen LogP contribution in [-0.4, -0.2) is 16.4 Å². The van der Waals surface area contributed by atoms with Crippen molar-refractivity contribution >= 4 is 8.60 Å². The summed E-state index contributed by atoms with van der Waals surface area (Å²) in [6, 6.07) is 30.1. The van der Waals surface area contributed by atoms with E-state index in [9.17, 15) is 9.79 Å². The van der Waals surface area contributed by atoms with Crippen LogP contribution in [0.15, 0.2) is 91.0 Å². The number of hydrogen-bond acceptors (Lipinski definition) is 3. The van der Waals surface area contributed by atoms with Gasteiger partial charge in [0.15, 0.2) is 0 Å². The first-order valence-electron chi connectivity index (χ1n) is 7.71. The van der Waals surface area contributed by atoms with Crippen LogP contribution in [0.1, 0.15) is 16.7 Å². The molecule has 4 heteroatoms. The van der Waals surface area contributed by atoms with E-state index in [0.29, 0.717) is 0 Å². The van der Waals surface area contributed by atoms with Gasteiger partial charge in [-0.25, -0.2) is 0 Å². The molecule has 2 N–H and O–H groups in total. The maximum atomic E-state index is 9.35. The summed E-state index contributed by atoms with van der Waals surface area (Å²) in [4.78, 5) is 18.7. The summed E-state index contributed by atoms with van der Waals surface area (Å²) in [7, 11) is -2.44. The van der Waals surface area contributed by atoms with Gasteiger partial charge in [-0.1, -0.05) is 91.0 Å². The van der Waals surface area contributed by atoms with Crippen molar-refractivity contribution in [2.45, 2.75) is 5.41 Å². The highest BCUT2D eigenvalue weighted by Crippen LogP contribution is 2.42. The van der Waals surface area contributed by atoms with Crippen molar-refractivity contribution in [3.63, 3.8) is 0 Å². The van der Waals surface area contributed by atoms with Crippen LogP contribution in [0.2, 0.25) is 0 Å². The van der Waals surface area contributed by atoms with Gasteiger partial charge in [0.1, 0.15) is 0 Å². The summed E-state index contributed by atoms with van der Waals surface area (Å²) in [5.41, 5.74) is 2.51. The highest BCUT2D eigenvalue weighted by molar-refractivity contribution is 7.39. The van der Waals surface area contributed by atoms with E-state index in [1.165, 1.54) is 0 Å². The summed E-state index contributed by atoms with van der Waals surface area (Å²) >= 11 is 0. The Morgan fingerprint density at radius 2 is 0.958 bits per heavy atom. The molecular formula is C20H19O3P. The molecule has 0 saturated heterocycles. The van der Waals surface area contributed by atoms with Crippen molar-refractivity contribution < 1.29 is 14.3 Å². The maximum absolute atomic E-state index is 9.35. The lowest BCUT2D eigenvalue weighted by molar-refractivity contribution is 0.222. The lowest BCUT2D eigenvalue weighted by atomic mass is 9.70. The second kappa shape index (κ2) is 7.69. The first-order valence-corrected chi connectivity index (χ1v) is 8.87. The summed E-state index contributed by atoms with van der Waals surface area (Å²) in [5, 5.41) is 0. The van der Waals surface area contributed by atoms with Gasteiger partial charge in [0, 0.05) is 0 Å². The Kier molecular flexibility index (Phi) is 5.39. The van der Waals surface area contributed by atoms with Crippen LogP contribution in [0.4, 0.5) is 0 Å². The summed E-state index contributed by atoms with van der Waals surface area (Å²) in [6.07, 6.45) is 0. The van der Waals surface area contributed by atoms with Gasteiger partial charge in [-0.3, -0.25) is 0 Å². The quantitative estimate of drug-likeness (QED) is 0.522. The van der Waals surface area contributed by atoms with Gasteiger partial charge in [0.25, 0.3) is 0 Å². The van der Waals surface area contributed by atoms with Gasteiger partial charge in [-0.2, -0.15) is 0 Å². The van der Waals surface area contributed by atoms with E-state index in [1.807, 2.05) is 91.0 Å². The molecule has 0 aromatic heterocycles. The number of rotatable bonds is 6. The molecule has 0 radical (unpaired) electrons. The average molecular weight is 338 g/mol. The third-order valence-electron chi connectivity index (χ3n) is 4.20. The highest BCUT2D eigenvalue weighted by atomic mass is 31.2. The lowest BCUT2D eigenvalue weighted by Crippen LogP contribution is -2.34. The summed E-state index contributed by atoms with van der Waals surface area (Å²) < 4.78 is 5.35. The van der Waals surface area contributed by atoms with E-state index in [4.69, 9.17) is 4.52 Å². The molecule has 3 aromatic rings. The van der Waals surface area contributed by atoms with Gasteiger partial charge < -0.3 is 14.3 Å². The normalized spacial score (nSPS) is 11.6. The predicted molar refractivity (Wildman–Crippen MR) is 96.5 cm³/mol. The SMILES string of the molecule is OP(O)OCC(c1ccccc1)(c1ccccc1)c1ccccc1. The third-order valence-corrected chi connectivity index (χ3v) is 4.56. The molecule has 0 spiro atoms. The monoisotopic (exact) mass is 338 g/mol. The smallest absolute Gasteiger partial charge is 0.327 e. The van der Waals surface area contributed by atoms with E-state index in [2.05, 4.69) is 0 Å². The Hall–Kier alpha value is -2.03. The maximum Gasteiger partial charge on any atom is 0.327 e. The highest BCUT2D eigenvalue weighted by Gasteiger charge is 2.37. The van der Waals surface area contributed by atoms with Gasteiger partial charge >= 0.3 is 8.60 Å². The Morgan fingerprint density at radius 1 is 0.625 bits per heavy atom. The van der Waals surface area contributed by atoms with Crippen molar-refractivity contribution in [1.29, 1.82) is 0 Å². The Morgan fingerprint density at radius 3 is 1.25 bits per heavy atom. The van der Waals surface area contributed by atoms with E-state index in [0.717, 1.165) is 16.7 Å². The second-order valence-corrected chi connectivity index (χ2v) is 6.29. The fraction of sp³-hybridized carbons (Fsp3) is 0.100. The Labute approximate surface area is 143 Å². The molecule has 3 aromatic carbocycles. The largest absolute Gasteiger partial charge is 0.328 e. The van der Waals surface area contributed by atoms with Gasteiger partial charge in [0.05, 0.1) is 12.0 Å². The first-order chi connectivity index (χ1) is 11.7. The number of hydrogen-bond donors (Lipinski definition) is 2. The molecule has 0 unspecified atom stereocenters. The molecule has 0 atom stereocenters. The van der Waals surface area contributed by atoms with Crippen molar-refractivity contribution in [2.24, 2.45) is 0 Å². The molecule has 3 rings (SSSR count). The number of benzene rings is 3. The Bertz CT molecular complexity index is 649. The van der Waals surface area contributed by atoms with Crippen molar-refractivity contribution in [3.05, 3.63) is 108 Å². The molecule has 0 amide bonds. The molecule has 0 aliphatic heterocycles. The molecule has 24 heavy (non-hydrogen) atoms. The van der Waals surface area contributed by atoms with Gasteiger partial charge in [-0.05, 0) is 16.7 Å². The molecule has 0 heterocycles. The van der Waals surface area contributed by atoms with Crippen LogP contribution >= 0.6 is 8.60 Å². The van der Waals surface area contributed by atoms with E-state index in [1.54, 1.807) is 0 Å². The van der Waals surface area contributed by atoms with Gasteiger partial charge in [-0.15, -0.1) is 0 Å². The van der Waals surface area contributed by atoms with Crippen LogP contribution in [0.25, 0.3) is 0 Å². The van der Waals surface area contributed by atoms with Crippen molar-refractivity contribution in [2.75, 3.05) is 6.61 Å². The third kappa shape index (κ3) is 3.40. The van der Waals surface area contributed by atoms with Crippen molar-refractivity contribution in [3.8, 4) is 0 Å². The Balaban J connectivity index is 2.24. The standard InChI is InChI=1S/C20H19O3P/c21-24(22)23-16-20(17-10-4-1-5-11-17,18-12-6-2-7-13-18)19-14-8-3-9-15-19/h1-15,21-22H,16H2. The molecule has 3 nitrogen and oxygen atoms in total. The minimum atomic E-state index is -2.44. The predicted octanol–water partition coefficient (Wildman–Crippen LogP) is 4.25. The minimum Gasteiger partial charge on any atom is -0.328 e. The zero-order valence-electron chi connectivity index (χ0n) is 13.1. The molecule has 0 aliphatic rings. The molecular weight excluding hydrogens is 319 g/mol. The minimum absolute atomic E-state index is 0.143. The van der Waals surface area contributed by atoms with Crippen LogP contribution in [0, 0.1) is 0 Å². The second-order valence-electron chi connectivity index (χ2n) is 5.53. The molecule has 0 saturated carbocycles. The van der Waals surface area contributed by atoms with Crippen molar-refractivity contribution in [1.82, 2.24) is 0 Å². The fourth-order valence-corrected chi connectivity index (χ4v) is 3.38. The summed E-state index contributed by atoms with van der Waals surface area (Å²) in [6.45, 7) is 0.143. The zero-order chi connectivity index (χ0) is 16.8. The fourth-order valence-electron chi connectivity index (χ4n) is 3.07. The van der Waals surface area contributed by atoms with Crippen LogP contribution in [-0.2, 0) is 9.94 Å². The average Bonchev–Trinajstić information content (AvgIpc) is 2.65. The zero-order valence-corrected chi connectivity index (χ0v) is 14.0. The molecule has 122 valence electrons. The van der Waals surface area contributed by atoms with Gasteiger partial charge in [0.2, 0.25) is 0 Å². The van der Waals surface area contributed by atoms with Crippen LogP contribution in [0.5, 0.6) is 0 Å². The molecule has 0 aliphatic carbocycles. The lowest BCUT2D eigenvalue weighted by Gasteiger charge is -2.35. The van der Waals surface area contributed by atoms with E-state index >= 15 is 0 Å². The van der Waals surface area contributed by atoms with Crippen LogP contribution < -0.4 is 0 Å². The first kappa shape index (κ1) is 16.8. The van der Waals surface area contributed by atoms with E-state index < -0.39 is 14.0 Å². The van der Waals surface area contributed by atoms with E-state index in [-0.39, 0.29) is 6.61 Å². The topological polar surface area (TPSA) is 49.7 Å². The molecule has 0 bridgehead atoms.